The van der Waals surface area contributed by atoms with Gasteiger partial charge in [0, 0.05) is 29.6 Å². The van der Waals surface area contributed by atoms with Crippen LogP contribution in [0, 0.1) is 0 Å². The van der Waals surface area contributed by atoms with Gasteiger partial charge in [-0.3, -0.25) is 4.98 Å². The first-order valence-electron chi connectivity index (χ1n) is 9.67. The first-order chi connectivity index (χ1) is 15.8. The van der Waals surface area contributed by atoms with Crippen LogP contribution in [0.15, 0.2) is 72.9 Å². The summed E-state index contributed by atoms with van der Waals surface area (Å²) in [6.07, 6.45) is -3.49. The first kappa shape index (κ1) is 21.9. The van der Waals surface area contributed by atoms with E-state index in [1.165, 1.54) is 6.07 Å². The van der Waals surface area contributed by atoms with Gasteiger partial charge in [0.2, 0.25) is 5.95 Å². The minimum Gasteiger partial charge on any atom is -0.497 e. The standard InChI is InChI=1S/C23H18F3N5O2/c1-32-16-6-2-14(3-7-16)19-13-21(31-22(27)30-19)29-15-4-8-17(9-5-15)33-18-10-11-28-20(12-18)23(24,25)26/h2-13H,1H3,(H3,27,29,30,31). The summed E-state index contributed by atoms with van der Waals surface area (Å²) in [5.74, 6) is 1.70. The molecule has 10 heteroatoms. The third-order valence-electron chi connectivity index (χ3n) is 4.51. The second-order valence-corrected chi connectivity index (χ2v) is 6.85. The molecule has 2 aromatic heterocycles. The van der Waals surface area contributed by atoms with Gasteiger partial charge in [-0.25, -0.2) is 4.98 Å². The molecule has 0 saturated heterocycles. The zero-order valence-corrected chi connectivity index (χ0v) is 17.3. The molecule has 4 aromatic rings. The third kappa shape index (κ3) is 5.48. The molecule has 0 atom stereocenters. The van der Waals surface area contributed by atoms with E-state index in [1.54, 1.807) is 37.4 Å². The molecule has 0 fully saturated rings. The van der Waals surface area contributed by atoms with Crippen LogP contribution in [0.3, 0.4) is 0 Å². The van der Waals surface area contributed by atoms with Crippen molar-refractivity contribution in [3.05, 3.63) is 78.6 Å². The fourth-order valence-electron chi connectivity index (χ4n) is 2.96. The van der Waals surface area contributed by atoms with Crippen LogP contribution < -0.4 is 20.5 Å². The van der Waals surface area contributed by atoms with E-state index in [4.69, 9.17) is 15.2 Å². The molecule has 4 rings (SSSR count). The molecule has 3 N–H and O–H groups in total. The van der Waals surface area contributed by atoms with Crippen molar-refractivity contribution in [2.75, 3.05) is 18.2 Å². The van der Waals surface area contributed by atoms with Crippen LogP contribution >= 0.6 is 0 Å². The largest absolute Gasteiger partial charge is 0.497 e. The topological polar surface area (TPSA) is 95.2 Å². The highest BCUT2D eigenvalue weighted by Crippen LogP contribution is 2.31. The smallest absolute Gasteiger partial charge is 0.433 e. The van der Waals surface area contributed by atoms with E-state index in [2.05, 4.69) is 20.3 Å². The van der Waals surface area contributed by atoms with Gasteiger partial charge in [0.15, 0.2) is 0 Å². The minimum absolute atomic E-state index is 0.0331. The molecule has 0 aliphatic carbocycles. The molecule has 0 bridgehead atoms. The maximum atomic E-state index is 12.8. The number of hydrogen-bond donors (Lipinski definition) is 2. The number of anilines is 3. The highest BCUT2D eigenvalue weighted by molar-refractivity contribution is 5.67. The average molecular weight is 453 g/mol. The van der Waals surface area contributed by atoms with Crippen molar-refractivity contribution in [1.29, 1.82) is 0 Å². The number of nitrogens with two attached hydrogens (primary N) is 1. The number of rotatable bonds is 6. The molecule has 2 heterocycles. The Balaban J connectivity index is 1.48. The minimum atomic E-state index is -4.54. The Bertz CT molecular complexity index is 1250. The summed E-state index contributed by atoms with van der Waals surface area (Å²) < 4.78 is 49.1. The number of benzene rings is 2. The second kappa shape index (κ2) is 9.03. The number of nitrogens with zero attached hydrogens (tertiary/aromatic N) is 3. The van der Waals surface area contributed by atoms with Crippen molar-refractivity contribution in [3.8, 4) is 28.5 Å². The number of nitrogen functional groups attached to an aromatic ring is 1. The predicted molar refractivity (Wildman–Crippen MR) is 117 cm³/mol. The van der Waals surface area contributed by atoms with Crippen molar-refractivity contribution >= 4 is 17.5 Å². The van der Waals surface area contributed by atoms with Crippen LogP contribution in [0.5, 0.6) is 17.2 Å². The number of methoxy groups -OCH3 is 1. The van der Waals surface area contributed by atoms with E-state index in [0.717, 1.165) is 23.6 Å². The molecule has 0 aliphatic heterocycles. The molecule has 168 valence electrons. The van der Waals surface area contributed by atoms with E-state index >= 15 is 0 Å². The monoisotopic (exact) mass is 453 g/mol. The van der Waals surface area contributed by atoms with E-state index in [1.807, 2.05) is 24.3 Å². The zero-order chi connectivity index (χ0) is 23.4. The highest BCUT2D eigenvalue weighted by atomic mass is 19.4. The Labute approximate surface area is 187 Å². The summed E-state index contributed by atoms with van der Waals surface area (Å²) in [6, 6.07) is 17.9. The zero-order valence-electron chi connectivity index (χ0n) is 17.3. The van der Waals surface area contributed by atoms with Crippen LogP contribution in [0.4, 0.5) is 30.6 Å². The fraction of sp³-hybridized carbons (Fsp3) is 0.0870. The number of hydrogen-bond acceptors (Lipinski definition) is 7. The number of pyridine rings is 1. The van der Waals surface area contributed by atoms with E-state index < -0.39 is 11.9 Å². The Morgan fingerprint density at radius 3 is 2.21 bits per heavy atom. The molecule has 0 unspecified atom stereocenters. The van der Waals surface area contributed by atoms with Crippen molar-refractivity contribution in [2.24, 2.45) is 0 Å². The molecule has 33 heavy (non-hydrogen) atoms. The van der Waals surface area contributed by atoms with Gasteiger partial charge in [-0.05, 0) is 54.6 Å². The summed E-state index contributed by atoms with van der Waals surface area (Å²) >= 11 is 0. The summed E-state index contributed by atoms with van der Waals surface area (Å²) in [5, 5.41) is 3.13. The van der Waals surface area contributed by atoms with Crippen molar-refractivity contribution in [3.63, 3.8) is 0 Å². The van der Waals surface area contributed by atoms with Gasteiger partial charge in [-0.15, -0.1) is 0 Å². The fourth-order valence-corrected chi connectivity index (χ4v) is 2.96. The number of nitrogens with one attached hydrogen (secondary N) is 1. The number of halogens is 3. The van der Waals surface area contributed by atoms with Gasteiger partial charge >= 0.3 is 6.18 Å². The van der Waals surface area contributed by atoms with Crippen LogP contribution in [-0.4, -0.2) is 22.1 Å². The average Bonchev–Trinajstić information content (AvgIpc) is 2.80. The maximum absolute atomic E-state index is 12.8. The third-order valence-corrected chi connectivity index (χ3v) is 4.51. The number of ether oxygens (including phenoxy) is 2. The number of alkyl halides is 3. The molecular formula is C23H18F3N5O2. The predicted octanol–water partition coefficient (Wildman–Crippen LogP) is 5.68. The summed E-state index contributed by atoms with van der Waals surface area (Å²) in [4.78, 5) is 11.8. The molecule has 2 aromatic carbocycles. The lowest BCUT2D eigenvalue weighted by molar-refractivity contribution is -0.141. The molecule has 0 radical (unpaired) electrons. The second-order valence-electron chi connectivity index (χ2n) is 6.85. The van der Waals surface area contributed by atoms with E-state index in [9.17, 15) is 13.2 Å². The quantitative estimate of drug-likeness (QED) is 0.388. The Kier molecular flexibility index (Phi) is 5.99. The molecule has 0 spiro atoms. The van der Waals surface area contributed by atoms with Crippen LogP contribution in [0.25, 0.3) is 11.3 Å². The molecule has 0 amide bonds. The lowest BCUT2D eigenvalue weighted by Crippen LogP contribution is -2.07. The lowest BCUT2D eigenvalue weighted by Gasteiger charge is -2.11. The molecular weight excluding hydrogens is 435 g/mol. The summed E-state index contributed by atoms with van der Waals surface area (Å²) in [6.45, 7) is 0. The molecule has 0 aliphatic rings. The Morgan fingerprint density at radius 1 is 0.848 bits per heavy atom. The number of aromatic nitrogens is 3. The van der Waals surface area contributed by atoms with E-state index in [0.29, 0.717) is 22.9 Å². The van der Waals surface area contributed by atoms with Crippen LogP contribution in [0.1, 0.15) is 5.69 Å². The maximum Gasteiger partial charge on any atom is 0.433 e. The van der Waals surface area contributed by atoms with Crippen LogP contribution in [-0.2, 0) is 6.18 Å². The first-order valence-corrected chi connectivity index (χ1v) is 9.67. The van der Waals surface area contributed by atoms with Gasteiger partial charge in [0.1, 0.15) is 28.8 Å². The van der Waals surface area contributed by atoms with Crippen LogP contribution in [0.2, 0.25) is 0 Å². The summed E-state index contributed by atoms with van der Waals surface area (Å²) in [5.41, 5.74) is 6.99. The summed E-state index contributed by atoms with van der Waals surface area (Å²) in [7, 11) is 1.59. The van der Waals surface area contributed by atoms with Gasteiger partial charge in [0.25, 0.3) is 0 Å². The molecule has 0 saturated carbocycles. The SMILES string of the molecule is COc1ccc(-c2cc(Nc3ccc(Oc4ccnc(C(F)(F)F)c4)cc3)nc(N)n2)cc1. The van der Waals surface area contributed by atoms with Crippen molar-refractivity contribution in [1.82, 2.24) is 15.0 Å². The lowest BCUT2D eigenvalue weighted by atomic mass is 10.1. The van der Waals surface area contributed by atoms with Gasteiger partial charge in [-0.2, -0.15) is 18.2 Å². The Hall–Kier alpha value is -4.34. The van der Waals surface area contributed by atoms with Gasteiger partial charge in [0.05, 0.1) is 12.8 Å². The van der Waals surface area contributed by atoms with Crippen molar-refractivity contribution < 1.29 is 22.6 Å². The van der Waals surface area contributed by atoms with Gasteiger partial charge in [-0.1, -0.05) is 0 Å². The van der Waals surface area contributed by atoms with E-state index in [-0.39, 0.29) is 11.7 Å². The Morgan fingerprint density at radius 2 is 1.55 bits per heavy atom. The van der Waals surface area contributed by atoms with Gasteiger partial charge < -0.3 is 20.5 Å². The normalized spacial score (nSPS) is 11.2. The highest BCUT2D eigenvalue weighted by Gasteiger charge is 2.32. The van der Waals surface area contributed by atoms with Crippen molar-refractivity contribution in [2.45, 2.75) is 6.18 Å². The molecule has 7 nitrogen and oxygen atoms in total.